The fraction of sp³-hybridized carbons (Fsp3) is 0.167. The Kier molecular flexibility index (Phi) is 3.38. The van der Waals surface area contributed by atoms with Gasteiger partial charge >= 0.3 is 5.97 Å². The molecule has 0 amide bonds. The molecular formula is C12H10BrNO4. The molecule has 0 bridgehead atoms. The van der Waals surface area contributed by atoms with E-state index in [0.29, 0.717) is 15.9 Å². The number of carboxylic acid groups (broad SMARTS) is 1. The van der Waals surface area contributed by atoms with Crippen molar-refractivity contribution < 1.29 is 19.2 Å². The summed E-state index contributed by atoms with van der Waals surface area (Å²) in [5.41, 5.74) is 2.15. The smallest absolute Gasteiger partial charge is 0.374 e. The lowest BCUT2D eigenvalue weighted by atomic mass is 10.1. The van der Waals surface area contributed by atoms with Crippen molar-refractivity contribution in [2.75, 3.05) is 7.11 Å². The normalized spacial score (nSPS) is 10.4. The van der Waals surface area contributed by atoms with Gasteiger partial charge in [0, 0.05) is 11.6 Å². The van der Waals surface area contributed by atoms with Crippen LogP contribution in [-0.4, -0.2) is 23.3 Å². The molecule has 1 heterocycles. The highest BCUT2D eigenvalue weighted by atomic mass is 79.9. The van der Waals surface area contributed by atoms with Crippen molar-refractivity contribution in [1.29, 1.82) is 0 Å². The van der Waals surface area contributed by atoms with Gasteiger partial charge in [0.05, 0.1) is 11.6 Å². The summed E-state index contributed by atoms with van der Waals surface area (Å²) in [7, 11) is 1.56. The van der Waals surface area contributed by atoms with Crippen LogP contribution in [0.15, 0.2) is 27.2 Å². The van der Waals surface area contributed by atoms with E-state index in [4.69, 9.17) is 14.4 Å². The summed E-state index contributed by atoms with van der Waals surface area (Å²) in [5, 5.41) is 12.5. The van der Waals surface area contributed by atoms with E-state index in [9.17, 15) is 4.79 Å². The highest BCUT2D eigenvalue weighted by molar-refractivity contribution is 9.10. The van der Waals surface area contributed by atoms with Crippen molar-refractivity contribution in [3.05, 3.63) is 34.0 Å². The largest absolute Gasteiger partial charge is 0.496 e. The van der Waals surface area contributed by atoms with Crippen molar-refractivity contribution in [2.45, 2.75) is 6.92 Å². The Morgan fingerprint density at radius 2 is 2.17 bits per heavy atom. The highest BCUT2D eigenvalue weighted by Crippen LogP contribution is 2.36. The standard InChI is InChI=1S/C12H10BrNO4/c1-6-3-7(11(13)9(4-6)17-2)8-5-10(12(15)16)18-14-8/h3-5H,1-2H3,(H,15,16). The second kappa shape index (κ2) is 4.81. The van der Waals surface area contributed by atoms with Gasteiger partial charge in [-0.3, -0.25) is 0 Å². The molecule has 1 aromatic heterocycles. The van der Waals surface area contributed by atoms with E-state index in [-0.39, 0.29) is 5.76 Å². The summed E-state index contributed by atoms with van der Waals surface area (Å²) in [5.74, 6) is -0.688. The van der Waals surface area contributed by atoms with Gasteiger partial charge < -0.3 is 14.4 Å². The van der Waals surface area contributed by atoms with Crippen molar-refractivity contribution in [3.63, 3.8) is 0 Å². The third kappa shape index (κ3) is 2.24. The molecule has 0 aliphatic heterocycles. The van der Waals surface area contributed by atoms with Gasteiger partial charge in [-0.15, -0.1) is 0 Å². The zero-order valence-corrected chi connectivity index (χ0v) is 11.3. The quantitative estimate of drug-likeness (QED) is 0.942. The first kappa shape index (κ1) is 12.6. The van der Waals surface area contributed by atoms with E-state index in [1.54, 1.807) is 7.11 Å². The number of aromatic carboxylic acids is 1. The van der Waals surface area contributed by atoms with Gasteiger partial charge in [-0.1, -0.05) is 5.16 Å². The molecule has 0 aliphatic carbocycles. The van der Waals surface area contributed by atoms with Crippen LogP contribution in [0.25, 0.3) is 11.3 Å². The number of nitrogens with zero attached hydrogens (tertiary/aromatic N) is 1. The number of halogens is 1. The Labute approximate surface area is 111 Å². The molecule has 0 saturated heterocycles. The average molecular weight is 312 g/mol. The molecule has 6 heteroatoms. The lowest BCUT2D eigenvalue weighted by molar-refractivity contribution is 0.0652. The SMILES string of the molecule is COc1cc(C)cc(-c2cc(C(=O)O)on2)c1Br. The molecule has 0 saturated carbocycles. The van der Waals surface area contributed by atoms with Gasteiger partial charge in [-0.25, -0.2) is 4.79 Å². The molecule has 18 heavy (non-hydrogen) atoms. The van der Waals surface area contributed by atoms with Crippen molar-refractivity contribution in [1.82, 2.24) is 5.16 Å². The minimum absolute atomic E-state index is 0.197. The van der Waals surface area contributed by atoms with E-state index in [2.05, 4.69) is 21.1 Å². The topological polar surface area (TPSA) is 72.6 Å². The van der Waals surface area contributed by atoms with Crippen LogP contribution in [0.2, 0.25) is 0 Å². The molecule has 2 aromatic rings. The molecule has 1 aromatic carbocycles. The lowest BCUT2D eigenvalue weighted by Gasteiger charge is -2.08. The van der Waals surface area contributed by atoms with Gasteiger partial charge in [0.25, 0.3) is 0 Å². The van der Waals surface area contributed by atoms with E-state index in [1.807, 2.05) is 19.1 Å². The summed E-state index contributed by atoms with van der Waals surface area (Å²) in [6.45, 7) is 1.91. The van der Waals surface area contributed by atoms with Crippen molar-refractivity contribution >= 4 is 21.9 Å². The van der Waals surface area contributed by atoms with E-state index in [1.165, 1.54) is 6.07 Å². The molecule has 0 aliphatic rings. The first-order valence-electron chi connectivity index (χ1n) is 5.07. The number of carbonyl (C=O) groups is 1. The Morgan fingerprint density at radius 3 is 2.72 bits per heavy atom. The van der Waals surface area contributed by atoms with Crippen LogP contribution in [0.3, 0.4) is 0 Å². The van der Waals surface area contributed by atoms with Crippen molar-refractivity contribution in [2.24, 2.45) is 0 Å². The first-order valence-corrected chi connectivity index (χ1v) is 5.86. The van der Waals surface area contributed by atoms with Crippen LogP contribution < -0.4 is 4.74 Å². The Hall–Kier alpha value is -1.82. The fourth-order valence-electron chi connectivity index (χ4n) is 1.57. The number of hydrogen-bond acceptors (Lipinski definition) is 4. The summed E-state index contributed by atoms with van der Waals surface area (Å²) in [6, 6.07) is 5.11. The molecule has 0 spiro atoms. The minimum atomic E-state index is -1.15. The molecule has 0 radical (unpaired) electrons. The van der Waals surface area contributed by atoms with Crippen LogP contribution in [0.1, 0.15) is 16.1 Å². The number of rotatable bonds is 3. The number of carboxylic acids is 1. The number of benzene rings is 1. The predicted molar refractivity (Wildman–Crippen MR) is 67.9 cm³/mol. The monoisotopic (exact) mass is 311 g/mol. The number of hydrogen-bond donors (Lipinski definition) is 1. The van der Waals surface area contributed by atoms with Crippen LogP contribution in [0, 0.1) is 6.92 Å². The fourth-order valence-corrected chi connectivity index (χ4v) is 2.17. The van der Waals surface area contributed by atoms with Crippen LogP contribution in [0.5, 0.6) is 5.75 Å². The first-order chi connectivity index (χ1) is 8.52. The molecular weight excluding hydrogens is 302 g/mol. The predicted octanol–water partition coefficient (Wildman–Crippen LogP) is 3.12. The summed E-state index contributed by atoms with van der Waals surface area (Å²) < 4.78 is 10.7. The maximum absolute atomic E-state index is 10.8. The maximum Gasteiger partial charge on any atom is 0.374 e. The number of methoxy groups -OCH3 is 1. The maximum atomic E-state index is 10.8. The molecule has 2 rings (SSSR count). The Bertz CT molecular complexity index is 606. The molecule has 0 unspecified atom stereocenters. The summed E-state index contributed by atoms with van der Waals surface area (Å²) in [4.78, 5) is 10.8. The van der Waals surface area contributed by atoms with Gasteiger partial charge in [-0.05, 0) is 40.5 Å². The molecule has 5 nitrogen and oxygen atoms in total. The van der Waals surface area contributed by atoms with Crippen LogP contribution in [0.4, 0.5) is 0 Å². The highest BCUT2D eigenvalue weighted by Gasteiger charge is 2.16. The van der Waals surface area contributed by atoms with E-state index in [0.717, 1.165) is 11.1 Å². The van der Waals surface area contributed by atoms with Crippen LogP contribution in [-0.2, 0) is 0 Å². The summed E-state index contributed by atoms with van der Waals surface area (Å²) >= 11 is 3.40. The zero-order valence-electron chi connectivity index (χ0n) is 9.73. The van der Waals surface area contributed by atoms with E-state index >= 15 is 0 Å². The average Bonchev–Trinajstić information content (AvgIpc) is 2.81. The Morgan fingerprint density at radius 1 is 1.44 bits per heavy atom. The third-order valence-electron chi connectivity index (χ3n) is 2.40. The molecule has 0 fully saturated rings. The minimum Gasteiger partial charge on any atom is -0.496 e. The van der Waals surface area contributed by atoms with E-state index < -0.39 is 5.97 Å². The van der Waals surface area contributed by atoms with Gasteiger partial charge in [-0.2, -0.15) is 0 Å². The zero-order chi connectivity index (χ0) is 13.3. The Balaban J connectivity index is 2.55. The number of aromatic nitrogens is 1. The number of ether oxygens (including phenoxy) is 1. The van der Waals surface area contributed by atoms with Gasteiger partial charge in [0.15, 0.2) is 0 Å². The second-order valence-electron chi connectivity index (χ2n) is 3.71. The molecule has 94 valence electrons. The summed E-state index contributed by atoms with van der Waals surface area (Å²) in [6.07, 6.45) is 0. The van der Waals surface area contributed by atoms with Crippen LogP contribution >= 0.6 is 15.9 Å². The lowest BCUT2D eigenvalue weighted by Crippen LogP contribution is -1.92. The molecule has 1 N–H and O–H groups in total. The van der Waals surface area contributed by atoms with Gasteiger partial charge in [0.2, 0.25) is 5.76 Å². The third-order valence-corrected chi connectivity index (χ3v) is 3.22. The number of aryl methyl sites for hydroxylation is 1. The van der Waals surface area contributed by atoms with Crippen molar-refractivity contribution in [3.8, 4) is 17.0 Å². The second-order valence-corrected chi connectivity index (χ2v) is 4.50. The van der Waals surface area contributed by atoms with Gasteiger partial charge in [0.1, 0.15) is 11.4 Å². The molecule has 0 atom stereocenters.